The van der Waals surface area contributed by atoms with Crippen molar-refractivity contribution in [1.29, 1.82) is 0 Å². The molecule has 2 aromatic rings. The molecular formula is C17H18O5. The molecule has 0 amide bonds. The van der Waals surface area contributed by atoms with E-state index in [0.717, 1.165) is 0 Å². The first-order valence-corrected chi connectivity index (χ1v) is 6.68. The van der Waals surface area contributed by atoms with E-state index >= 15 is 0 Å². The summed E-state index contributed by atoms with van der Waals surface area (Å²) in [6.07, 6.45) is 3.09. The third kappa shape index (κ3) is 3.31. The van der Waals surface area contributed by atoms with Crippen molar-refractivity contribution >= 4 is 11.9 Å². The van der Waals surface area contributed by atoms with Crippen LogP contribution in [0, 0.1) is 6.92 Å². The van der Waals surface area contributed by atoms with Gasteiger partial charge >= 0.3 is 0 Å². The molecule has 5 heteroatoms. The van der Waals surface area contributed by atoms with Crippen LogP contribution in [0.4, 0.5) is 0 Å². The SMILES string of the molecule is COc1cc(OC)c(OC)cc1/C=C/C(=O)c1ccc(C)o1. The molecule has 0 N–H and O–H groups in total. The van der Waals surface area contributed by atoms with Crippen molar-refractivity contribution in [3.63, 3.8) is 0 Å². The second kappa shape index (κ2) is 6.85. The van der Waals surface area contributed by atoms with Crippen LogP contribution in [0.15, 0.2) is 34.8 Å². The van der Waals surface area contributed by atoms with Gasteiger partial charge in [-0.05, 0) is 37.3 Å². The van der Waals surface area contributed by atoms with Crippen molar-refractivity contribution in [2.45, 2.75) is 6.92 Å². The number of rotatable bonds is 6. The third-order valence-electron chi connectivity index (χ3n) is 3.13. The molecule has 22 heavy (non-hydrogen) atoms. The van der Waals surface area contributed by atoms with Gasteiger partial charge in [-0.2, -0.15) is 0 Å². The van der Waals surface area contributed by atoms with E-state index in [0.29, 0.717) is 34.3 Å². The van der Waals surface area contributed by atoms with Crippen LogP contribution in [0.3, 0.4) is 0 Å². The lowest BCUT2D eigenvalue weighted by Crippen LogP contribution is -1.95. The number of hydrogen-bond acceptors (Lipinski definition) is 5. The lowest BCUT2D eigenvalue weighted by Gasteiger charge is -2.11. The highest BCUT2D eigenvalue weighted by Crippen LogP contribution is 2.35. The minimum atomic E-state index is -0.218. The predicted molar refractivity (Wildman–Crippen MR) is 82.9 cm³/mol. The largest absolute Gasteiger partial charge is 0.496 e. The maximum atomic E-state index is 12.0. The molecule has 0 aliphatic heterocycles. The fraction of sp³-hybridized carbons (Fsp3) is 0.235. The van der Waals surface area contributed by atoms with Crippen molar-refractivity contribution in [3.05, 3.63) is 47.4 Å². The summed E-state index contributed by atoms with van der Waals surface area (Å²) < 4.78 is 21.1. The van der Waals surface area contributed by atoms with Gasteiger partial charge in [-0.1, -0.05) is 0 Å². The van der Waals surface area contributed by atoms with E-state index in [-0.39, 0.29) is 5.78 Å². The zero-order valence-electron chi connectivity index (χ0n) is 13.0. The number of carbonyl (C=O) groups is 1. The number of ketones is 1. The van der Waals surface area contributed by atoms with Crippen LogP contribution in [0.1, 0.15) is 21.9 Å². The number of aryl methyl sites for hydroxylation is 1. The Labute approximate surface area is 129 Å². The molecule has 2 rings (SSSR count). The monoisotopic (exact) mass is 302 g/mol. The molecule has 0 spiro atoms. The number of ether oxygens (including phenoxy) is 3. The average molecular weight is 302 g/mol. The standard InChI is InChI=1S/C17H18O5/c1-11-5-8-14(22-11)13(18)7-6-12-9-16(20-3)17(21-4)10-15(12)19-2/h5-10H,1-4H3/b7-6+. The second-order valence-corrected chi connectivity index (χ2v) is 4.56. The quantitative estimate of drug-likeness (QED) is 0.603. The number of allylic oxidation sites excluding steroid dienone is 1. The highest BCUT2D eigenvalue weighted by atomic mass is 16.5. The van der Waals surface area contributed by atoms with E-state index in [1.54, 1.807) is 58.6 Å². The first-order chi connectivity index (χ1) is 10.6. The van der Waals surface area contributed by atoms with Crippen LogP contribution in [0.25, 0.3) is 6.08 Å². The average Bonchev–Trinajstić information content (AvgIpc) is 2.98. The first kappa shape index (κ1) is 15.7. The van der Waals surface area contributed by atoms with Gasteiger partial charge in [-0.3, -0.25) is 4.79 Å². The molecule has 0 unspecified atom stereocenters. The Morgan fingerprint density at radius 2 is 1.64 bits per heavy atom. The summed E-state index contributed by atoms with van der Waals surface area (Å²) in [4.78, 5) is 12.0. The van der Waals surface area contributed by atoms with Crippen LogP contribution < -0.4 is 14.2 Å². The van der Waals surface area contributed by atoms with Gasteiger partial charge < -0.3 is 18.6 Å². The summed E-state index contributed by atoms with van der Waals surface area (Å²) >= 11 is 0. The van der Waals surface area contributed by atoms with Crippen LogP contribution >= 0.6 is 0 Å². The topological polar surface area (TPSA) is 57.9 Å². The van der Waals surface area contributed by atoms with Gasteiger partial charge in [0.15, 0.2) is 17.3 Å². The highest BCUT2D eigenvalue weighted by Gasteiger charge is 2.11. The van der Waals surface area contributed by atoms with E-state index < -0.39 is 0 Å². The molecule has 1 heterocycles. The molecule has 0 radical (unpaired) electrons. The summed E-state index contributed by atoms with van der Waals surface area (Å²) in [5, 5.41) is 0. The third-order valence-corrected chi connectivity index (χ3v) is 3.13. The molecule has 0 atom stereocenters. The molecule has 0 bridgehead atoms. The lowest BCUT2D eigenvalue weighted by atomic mass is 10.1. The van der Waals surface area contributed by atoms with Crippen LogP contribution in [-0.2, 0) is 0 Å². The second-order valence-electron chi connectivity index (χ2n) is 4.56. The van der Waals surface area contributed by atoms with Crippen LogP contribution in [0.5, 0.6) is 17.2 Å². The van der Waals surface area contributed by atoms with Gasteiger partial charge in [0.25, 0.3) is 0 Å². The molecule has 0 fully saturated rings. The minimum absolute atomic E-state index is 0.218. The maximum Gasteiger partial charge on any atom is 0.221 e. The molecule has 5 nitrogen and oxygen atoms in total. The zero-order valence-corrected chi connectivity index (χ0v) is 13.0. The Morgan fingerprint density at radius 3 is 2.18 bits per heavy atom. The van der Waals surface area contributed by atoms with Gasteiger partial charge in [0.05, 0.1) is 21.3 Å². The number of benzene rings is 1. The van der Waals surface area contributed by atoms with Gasteiger partial charge in [0, 0.05) is 11.6 Å². The number of furan rings is 1. The smallest absolute Gasteiger partial charge is 0.221 e. The normalized spacial score (nSPS) is 10.7. The summed E-state index contributed by atoms with van der Waals surface area (Å²) in [6, 6.07) is 6.85. The van der Waals surface area contributed by atoms with E-state index in [9.17, 15) is 4.79 Å². The highest BCUT2D eigenvalue weighted by molar-refractivity contribution is 6.05. The van der Waals surface area contributed by atoms with E-state index in [1.807, 2.05) is 0 Å². The zero-order chi connectivity index (χ0) is 16.1. The molecule has 0 saturated heterocycles. The van der Waals surface area contributed by atoms with Gasteiger partial charge in [-0.25, -0.2) is 0 Å². The fourth-order valence-corrected chi connectivity index (χ4v) is 2.00. The Balaban J connectivity index is 2.31. The van der Waals surface area contributed by atoms with Crippen LogP contribution in [-0.4, -0.2) is 27.1 Å². The van der Waals surface area contributed by atoms with E-state index in [2.05, 4.69) is 0 Å². The van der Waals surface area contributed by atoms with E-state index in [1.165, 1.54) is 6.08 Å². The number of carbonyl (C=O) groups excluding carboxylic acids is 1. The van der Waals surface area contributed by atoms with Crippen molar-refractivity contribution in [3.8, 4) is 17.2 Å². The molecule has 116 valence electrons. The van der Waals surface area contributed by atoms with Crippen LogP contribution in [0.2, 0.25) is 0 Å². The maximum absolute atomic E-state index is 12.0. The Hall–Kier alpha value is -2.69. The lowest BCUT2D eigenvalue weighted by molar-refractivity contribution is 0.102. The Bertz CT molecular complexity index is 697. The molecule has 1 aromatic heterocycles. The fourth-order valence-electron chi connectivity index (χ4n) is 2.00. The summed E-state index contributed by atoms with van der Waals surface area (Å²) in [5.41, 5.74) is 0.705. The number of methoxy groups -OCH3 is 3. The molecular weight excluding hydrogens is 284 g/mol. The summed E-state index contributed by atoms with van der Waals surface area (Å²) in [5.74, 6) is 2.48. The van der Waals surface area contributed by atoms with Crippen molar-refractivity contribution in [2.75, 3.05) is 21.3 Å². The summed E-state index contributed by atoms with van der Waals surface area (Å²) in [6.45, 7) is 1.79. The molecule has 1 aromatic carbocycles. The van der Waals surface area contributed by atoms with Crippen molar-refractivity contribution in [2.24, 2.45) is 0 Å². The molecule has 0 saturated carbocycles. The van der Waals surface area contributed by atoms with E-state index in [4.69, 9.17) is 18.6 Å². The van der Waals surface area contributed by atoms with Gasteiger partial charge in [0.1, 0.15) is 11.5 Å². The molecule has 0 aliphatic rings. The van der Waals surface area contributed by atoms with Crippen molar-refractivity contribution < 1.29 is 23.4 Å². The number of hydrogen-bond donors (Lipinski definition) is 0. The first-order valence-electron chi connectivity index (χ1n) is 6.68. The van der Waals surface area contributed by atoms with Crippen molar-refractivity contribution in [1.82, 2.24) is 0 Å². The molecule has 0 aliphatic carbocycles. The van der Waals surface area contributed by atoms with Gasteiger partial charge in [0.2, 0.25) is 5.78 Å². The Morgan fingerprint density at radius 1 is 1.00 bits per heavy atom. The summed E-state index contributed by atoms with van der Waals surface area (Å²) in [7, 11) is 4.65. The minimum Gasteiger partial charge on any atom is -0.496 e. The van der Waals surface area contributed by atoms with Gasteiger partial charge in [-0.15, -0.1) is 0 Å². The Kier molecular flexibility index (Phi) is 4.88. The predicted octanol–water partition coefficient (Wildman–Crippen LogP) is 3.51.